The molecular weight excluding hydrogens is 665 g/mol. The summed E-state index contributed by atoms with van der Waals surface area (Å²) >= 11 is 6.90. The quantitative estimate of drug-likeness (QED) is 0.239. The number of hydrogen-bond donors (Lipinski definition) is 2. The van der Waals surface area contributed by atoms with Gasteiger partial charge in [0.15, 0.2) is 0 Å². The van der Waals surface area contributed by atoms with E-state index in [4.69, 9.17) is 0 Å². The molecule has 0 aliphatic heterocycles. The van der Waals surface area contributed by atoms with Gasteiger partial charge in [0.2, 0.25) is 0 Å². The maximum atomic E-state index is 10.1. The second-order valence-corrected chi connectivity index (χ2v) is 9.87. The van der Waals surface area contributed by atoms with Crippen LogP contribution in [0, 0.1) is 24.6 Å². The van der Waals surface area contributed by atoms with E-state index in [9.17, 15) is 10.2 Å². The number of hydrogen-bond acceptors (Lipinski definition) is 2. The standard InChI is InChI=1S/C21H17I3O2/c1-11-7-15(17(23)9-19(11)25)21(13-3-5-14(22)6-4-13)16-8-12(2)20(26)10-18(16)24/h3-10,21,25-26H,1-2H3. The molecule has 5 heteroatoms. The second-order valence-electron chi connectivity index (χ2n) is 6.30. The fourth-order valence-corrected chi connectivity index (χ4v) is 4.89. The molecule has 134 valence electrons. The van der Waals surface area contributed by atoms with Crippen LogP contribution in [0.5, 0.6) is 11.5 Å². The van der Waals surface area contributed by atoms with E-state index < -0.39 is 0 Å². The van der Waals surface area contributed by atoms with Crippen LogP contribution in [0.3, 0.4) is 0 Å². The molecule has 2 nitrogen and oxygen atoms in total. The Bertz CT molecular complexity index is 908. The maximum Gasteiger partial charge on any atom is 0.119 e. The second kappa shape index (κ2) is 8.22. The van der Waals surface area contributed by atoms with Crippen molar-refractivity contribution in [3.63, 3.8) is 0 Å². The number of rotatable bonds is 3. The molecule has 0 heterocycles. The van der Waals surface area contributed by atoms with E-state index in [2.05, 4.69) is 104 Å². The molecule has 3 rings (SSSR count). The first kappa shape index (κ1) is 20.2. The van der Waals surface area contributed by atoms with E-state index in [0.717, 1.165) is 29.4 Å². The van der Waals surface area contributed by atoms with E-state index in [-0.39, 0.29) is 5.92 Å². The predicted molar refractivity (Wildman–Crippen MR) is 131 cm³/mol. The van der Waals surface area contributed by atoms with Gasteiger partial charge in [-0.25, -0.2) is 0 Å². The summed E-state index contributed by atoms with van der Waals surface area (Å²) in [6.07, 6.45) is 0. The van der Waals surface area contributed by atoms with Crippen molar-refractivity contribution in [1.29, 1.82) is 0 Å². The van der Waals surface area contributed by atoms with Crippen LogP contribution < -0.4 is 0 Å². The summed E-state index contributed by atoms with van der Waals surface area (Å²) in [4.78, 5) is 0. The minimum Gasteiger partial charge on any atom is -0.508 e. The summed E-state index contributed by atoms with van der Waals surface area (Å²) < 4.78 is 3.24. The van der Waals surface area contributed by atoms with Gasteiger partial charge in [0, 0.05) is 16.6 Å². The minimum atomic E-state index is 0.0319. The Balaban J connectivity index is 2.29. The van der Waals surface area contributed by atoms with Crippen LogP contribution >= 0.6 is 67.8 Å². The Hall–Kier alpha value is -0.550. The Morgan fingerprint density at radius 2 is 1.12 bits per heavy atom. The molecule has 0 aliphatic rings. The van der Waals surface area contributed by atoms with Gasteiger partial charge >= 0.3 is 0 Å². The molecule has 0 saturated heterocycles. The van der Waals surface area contributed by atoms with Crippen molar-refractivity contribution in [2.75, 3.05) is 0 Å². The fraction of sp³-hybridized carbons (Fsp3) is 0.143. The number of phenolic OH excluding ortho intramolecular Hbond substituents is 2. The molecule has 0 saturated carbocycles. The van der Waals surface area contributed by atoms with Crippen LogP contribution in [-0.2, 0) is 0 Å². The number of halogens is 3. The maximum absolute atomic E-state index is 10.1. The molecule has 0 fully saturated rings. The lowest BCUT2D eigenvalue weighted by Crippen LogP contribution is -2.08. The lowest BCUT2D eigenvalue weighted by atomic mass is 9.84. The van der Waals surface area contributed by atoms with Crippen LogP contribution in [0.25, 0.3) is 0 Å². The lowest BCUT2D eigenvalue weighted by Gasteiger charge is -2.23. The topological polar surface area (TPSA) is 40.5 Å². The van der Waals surface area contributed by atoms with Gasteiger partial charge in [-0.1, -0.05) is 24.3 Å². The Morgan fingerprint density at radius 3 is 1.54 bits per heavy atom. The lowest BCUT2D eigenvalue weighted by molar-refractivity contribution is 0.470. The number of aryl methyl sites for hydroxylation is 2. The van der Waals surface area contributed by atoms with Gasteiger partial charge in [0.1, 0.15) is 11.5 Å². The SMILES string of the molecule is Cc1cc(C(c2ccc(I)cc2)c2cc(C)c(O)cc2I)c(I)cc1O. The van der Waals surface area contributed by atoms with Crippen LogP contribution in [0.15, 0.2) is 48.5 Å². The van der Waals surface area contributed by atoms with Crippen LogP contribution in [0.4, 0.5) is 0 Å². The van der Waals surface area contributed by atoms with Crippen molar-refractivity contribution in [1.82, 2.24) is 0 Å². The van der Waals surface area contributed by atoms with Crippen molar-refractivity contribution in [3.8, 4) is 11.5 Å². The van der Waals surface area contributed by atoms with Crippen LogP contribution in [0.2, 0.25) is 0 Å². The third-order valence-corrected chi connectivity index (χ3v) is 7.04. The molecule has 0 aromatic heterocycles. The van der Waals surface area contributed by atoms with E-state index in [0.29, 0.717) is 11.5 Å². The monoisotopic (exact) mass is 682 g/mol. The molecule has 0 spiro atoms. The first-order valence-electron chi connectivity index (χ1n) is 8.01. The molecule has 0 aliphatic carbocycles. The molecule has 0 unspecified atom stereocenters. The third kappa shape index (κ3) is 4.14. The van der Waals surface area contributed by atoms with E-state index in [1.54, 1.807) is 0 Å². The summed E-state index contributed by atoms with van der Waals surface area (Å²) in [7, 11) is 0. The number of phenols is 2. The Labute approximate surface area is 194 Å². The summed E-state index contributed by atoms with van der Waals surface area (Å²) in [6.45, 7) is 3.85. The van der Waals surface area contributed by atoms with Gasteiger partial charge in [-0.2, -0.15) is 0 Å². The molecule has 3 aromatic rings. The summed E-state index contributed by atoms with van der Waals surface area (Å²) in [5, 5.41) is 20.2. The van der Waals surface area contributed by atoms with Crippen LogP contribution in [-0.4, -0.2) is 10.2 Å². The zero-order valence-corrected chi connectivity index (χ0v) is 20.7. The van der Waals surface area contributed by atoms with Gasteiger partial charge in [-0.15, -0.1) is 0 Å². The summed E-state index contributed by atoms with van der Waals surface area (Å²) in [6, 6.07) is 16.3. The van der Waals surface area contributed by atoms with Crippen LogP contribution in [0.1, 0.15) is 33.7 Å². The smallest absolute Gasteiger partial charge is 0.119 e. The van der Waals surface area contributed by atoms with Gasteiger partial charge in [0.05, 0.1) is 0 Å². The zero-order chi connectivity index (χ0) is 19.0. The first-order valence-corrected chi connectivity index (χ1v) is 11.2. The molecule has 26 heavy (non-hydrogen) atoms. The Morgan fingerprint density at radius 1 is 0.692 bits per heavy atom. The normalized spacial score (nSPS) is 11.2. The fourth-order valence-electron chi connectivity index (χ4n) is 3.01. The van der Waals surface area contributed by atoms with Crippen molar-refractivity contribution >= 4 is 67.8 Å². The van der Waals surface area contributed by atoms with Gasteiger partial charge in [0.25, 0.3) is 0 Å². The van der Waals surface area contributed by atoms with Gasteiger partial charge in [-0.05, 0) is 134 Å². The van der Waals surface area contributed by atoms with E-state index in [1.807, 2.05) is 26.0 Å². The minimum absolute atomic E-state index is 0.0319. The molecular formula is C21H17I3O2. The average molecular weight is 682 g/mol. The van der Waals surface area contributed by atoms with Gasteiger partial charge < -0.3 is 10.2 Å². The third-order valence-electron chi connectivity index (χ3n) is 4.46. The zero-order valence-electron chi connectivity index (χ0n) is 14.2. The van der Waals surface area contributed by atoms with Gasteiger partial charge in [-0.3, -0.25) is 0 Å². The molecule has 0 radical (unpaired) electrons. The Kier molecular flexibility index (Phi) is 6.38. The highest BCUT2D eigenvalue weighted by Gasteiger charge is 2.23. The molecule has 0 bridgehead atoms. The summed E-state index contributed by atoms with van der Waals surface area (Å²) in [5.41, 5.74) is 5.23. The van der Waals surface area contributed by atoms with E-state index in [1.165, 1.54) is 9.13 Å². The van der Waals surface area contributed by atoms with Crippen molar-refractivity contribution in [3.05, 3.63) is 87.1 Å². The predicted octanol–water partition coefficient (Wildman–Crippen LogP) is 6.71. The highest BCUT2D eigenvalue weighted by Crippen LogP contribution is 2.40. The highest BCUT2D eigenvalue weighted by molar-refractivity contribution is 14.1. The highest BCUT2D eigenvalue weighted by atomic mass is 127. The summed E-state index contributed by atoms with van der Waals surface area (Å²) in [5.74, 6) is 0.664. The first-order chi connectivity index (χ1) is 12.3. The van der Waals surface area contributed by atoms with Crippen molar-refractivity contribution in [2.45, 2.75) is 19.8 Å². The van der Waals surface area contributed by atoms with Crippen molar-refractivity contribution in [2.24, 2.45) is 0 Å². The van der Waals surface area contributed by atoms with E-state index >= 15 is 0 Å². The molecule has 3 aromatic carbocycles. The molecule has 0 amide bonds. The average Bonchev–Trinajstić information content (AvgIpc) is 2.58. The number of aromatic hydroxyl groups is 2. The molecule has 2 N–H and O–H groups in total. The number of benzene rings is 3. The van der Waals surface area contributed by atoms with Crippen molar-refractivity contribution < 1.29 is 10.2 Å². The molecule has 0 atom stereocenters. The largest absolute Gasteiger partial charge is 0.508 e.